The van der Waals surface area contributed by atoms with Gasteiger partial charge in [0.1, 0.15) is 5.75 Å². The lowest BCUT2D eigenvalue weighted by molar-refractivity contribution is -0.123. The first-order valence-corrected chi connectivity index (χ1v) is 9.39. The van der Waals surface area contributed by atoms with Crippen molar-refractivity contribution in [1.29, 1.82) is 0 Å². The number of carbonyl (C=O) groups excluding carboxylic acids is 1. The maximum absolute atomic E-state index is 11.8. The summed E-state index contributed by atoms with van der Waals surface area (Å²) >= 11 is 3.40. The van der Waals surface area contributed by atoms with Crippen LogP contribution in [0.2, 0.25) is 0 Å². The van der Waals surface area contributed by atoms with E-state index in [1.54, 1.807) is 6.21 Å². The van der Waals surface area contributed by atoms with Crippen molar-refractivity contribution in [2.75, 3.05) is 19.8 Å². The molecule has 1 aliphatic rings. The highest BCUT2D eigenvalue weighted by molar-refractivity contribution is 9.10. The van der Waals surface area contributed by atoms with Crippen molar-refractivity contribution in [3.05, 3.63) is 58.6 Å². The summed E-state index contributed by atoms with van der Waals surface area (Å²) in [5, 5.41) is 2.84. The maximum atomic E-state index is 11.8. The number of amides is 1. The fourth-order valence-electron chi connectivity index (χ4n) is 2.56. The number of aliphatic imine (C=N–C) groups is 1. The van der Waals surface area contributed by atoms with Crippen molar-refractivity contribution >= 4 is 33.7 Å². The van der Waals surface area contributed by atoms with Crippen LogP contribution in [0.5, 0.6) is 5.75 Å². The highest BCUT2D eigenvalue weighted by Crippen LogP contribution is 2.17. The Hall–Kier alpha value is -2.18. The number of nitrogens with zero attached hydrogens (tertiary/aromatic N) is 1. The van der Waals surface area contributed by atoms with Gasteiger partial charge in [0, 0.05) is 23.8 Å². The smallest absolute Gasteiger partial charge is 0.258 e. The van der Waals surface area contributed by atoms with Crippen LogP contribution in [0.4, 0.5) is 5.69 Å². The van der Waals surface area contributed by atoms with Crippen LogP contribution in [0.3, 0.4) is 0 Å². The molecule has 2 aromatic carbocycles. The van der Waals surface area contributed by atoms with E-state index in [0.717, 1.165) is 35.2 Å². The van der Waals surface area contributed by atoms with Crippen molar-refractivity contribution in [1.82, 2.24) is 5.32 Å². The predicted octanol–water partition coefficient (Wildman–Crippen LogP) is 3.87. The fourth-order valence-corrected chi connectivity index (χ4v) is 2.82. The SMILES string of the molecule is O=C(COc1ccc(C=Nc2ccc(Br)cc2)cc1)NC[C@H]1CCCO1. The van der Waals surface area contributed by atoms with Crippen molar-refractivity contribution < 1.29 is 14.3 Å². The van der Waals surface area contributed by atoms with E-state index in [-0.39, 0.29) is 18.6 Å². The van der Waals surface area contributed by atoms with Gasteiger partial charge < -0.3 is 14.8 Å². The lowest BCUT2D eigenvalue weighted by Crippen LogP contribution is -2.35. The molecular formula is C20H21BrN2O3. The summed E-state index contributed by atoms with van der Waals surface area (Å²) in [6.07, 6.45) is 4.00. The Kier molecular flexibility index (Phi) is 6.80. The molecule has 0 bridgehead atoms. The molecule has 0 radical (unpaired) electrons. The predicted molar refractivity (Wildman–Crippen MR) is 105 cm³/mol. The molecule has 5 nitrogen and oxygen atoms in total. The number of ether oxygens (including phenoxy) is 2. The molecule has 0 saturated carbocycles. The molecule has 0 aromatic heterocycles. The van der Waals surface area contributed by atoms with Gasteiger partial charge in [-0.3, -0.25) is 9.79 Å². The lowest BCUT2D eigenvalue weighted by atomic mass is 10.2. The summed E-state index contributed by atoms with van der Waals surface area (Å²) in [7, 11) is 0. The number of nitrogens with one attached hydrogen (secondary N) is 1. The summed E-state index contributed by atoms with van der Waals surface area (Å²) in [6.45, 7) is 1.33. The Morgan fingerprint density at radius 2 is 2.00 bits per heavy atom. The van der Waals surface area contributed by atoms with Gasteiger partial charge in [0.25, 0.3) is 5.91 Å². The molecule has 26 heavy (non-hydrogen) atoms. The monoisotopic (exact) mass is 416 g/mol. The van der Waals surface area contributed by atoms with Gasteiger partial charge in [0.05, 0.1) is 11.8 Å². The molecular weight excluding hydrogens is 396 g/mol. The van der Waals surface area contributed by atoms with Crippen molar-refractivity contribution in [3.63, 3.8) is 0 Å². The van der Waals surface area contributed by atoms with E-state index in [4.69, 9.17) is 9.47 Å². The average Bonchev–Trinajstić information content (AvgIpc) is 3.19. The molecule has 1 saturated heterocycles. The molecule has 1 N–H and O–H groups in total. The molecule has 1 atom stereocenters. The minimum atomic E-state index is -0.138. The third-order valence-corrected chi connectivity index (χ3v) is 4.52. The van der Waals surface area contributed by atoms with Gasteiger partial charge in [-0.25, -0.2) is 0 Å². The molecule has 6 heteroatoms. The topological polar surface area (TPSA) is 59.9 Å². The number of halogens is 1. The van der Waals surface area contributed by atoms with Crippen LogP contribution in [-0.4, -0.2) is 38.0 Å². The zero-order valence-corrected chi connectivity index (χ0v) is 15.9. The lowest BCUT2D eigenvalue weighted by Gasteiger charge is -2.11. The largest absolute Gasteiger partial charge is 0.484 e. The number of hydrogen-bond acceptors (Lipinski definition) is 4. The molecule has 2 aromatic rings. The van der Waals surface area contributed by atoms with Crippen LogP contribution in [-0.2, 0) is 9.53 Å². The third kappa shape index (κ3) is 5.97. The number of rotatable bonds is 7. The van der Waals surface area contributed by atoms with Gasteiger partial charge in [-0.05, 0) is 66.9 Å². The molecule has 136 valence electrons. The number of benzene rings is 2. The molecule has 1 fully saturated rings. The summed E-state index contributed by atoms with van der Waals surface area (Å²) in [5.74, 6) is 0.513. The molecule has 1 amide bonds. The highest BCUT2D eigenvalue weighted by Gasteiger charge is 2.16. The summed E-state index contributed by atoms with van der Waals surface area (Å²) in [5.41, 5.74) is 1.85. The summed E-state index contributed by atoms with van der Waals surface area (Å²) < 4.78 is 12.0. The first kappa shape index (κ1) is 18.6. The van der Waals surface area contributed by atoms with Crippen LogP contribution in [0.15, 0.2) is 58.0 Å². The van der Waals surface area contributed by atoms with Crippen molar-refractivity contribution in [3.8, 4) is 5.75 Å². The van der Waals surface area contributed by atoms with E-state index in [9.17, 15) is 4.79 Å². The Labute approximate surface area is 161 Å². The standard InChI is InChI=1S/C20H21BrN2O3/c21-16-5-7-17(8-6-16)22-12-15-3-9-18(10-4-15)26-14-20(24)23-13-19-2-1-11-25-19/h3-10,12,19H,1-2,11,13-14H2,(H,23,24)/t19-/m1/s1. The summed E-state index contributed by atoms with van der Waals surface area (Å²) in [6, 6.07) is 15.2. The van der Waals surface area contributed by atoms with Gasteiger partial charge in [-0.15, -0.1) is 0 Å². The van der Waals surface area contributed by atoms with Gasteiger partial charge in [-0.2, -0.15) is 0 Å². The Morgan fingerprint density at radius 1 is 1.23 bits per heavy atom. The molecule has 0 spiro atoms. The second kappa shape index (κ2) is 9.50. The summed E-state index contributed by atoms with van der Waals surface area (Å²) in [4.78, 5) is 16.2. The second-order valence-electron chi connectivity index (χ2n) is 6.03. The van der Waals surface area contributed by atoms with Crippen LogP contribution < -0.4 is 10.1 Å². The van der Waals surface area contributed by atoms with Gasteiger partial charge in [-0.1, -0.05) is 15.9 Å². The van der Waals surface area contributed by atoms with E-state index < -0.39 is 0 Å². The van der Waals surface area contributed by atoms with E-state index in [1.807, 2.05) is 48.5 Å². The van der Waals surface area contributed by atoms with Crippen LogP contribution in [0.1, 0.15) is 18.4 Å². The number of carbonyl (C=O) groups is 1. The zero-order valence-electron chi connectivity index (χ0n) is 14.4. The van der Waals surface area contributed by atoms with Gasteiger partial charge >= 0.3 is 0 Å². The van der Waals surface area contributed by atoms with Crippen LogP contribution >= 0.6 is 15.9 Å². The van der Waals surface area contributed by atoms with E-state index in [0.29, 0.717) is 12.3 Å². The maximum Gasteiger partial charge on any atom is 0.258 e. The third-order valence-electron chi connectivity index (χ3n) is 3.99. The minimum Gasteiger partial charge on any atom is -0.484 e. The molecule has 3 rings (SSSR count). The van der Waals surface area contributed by atoms with Crippen LogP contribution in [0, 0.1) is 0 Å². The van der Waals surface area contributed by atoms with E-state index >= 15 is 0 Å². The normalized spacial score (nSPS) is 16.7. The molecule has 1 aliphatic heterocycles. The molecule has 0 unspecified atom stereocenters. The second-order valence-corrected chi connectivity index (χ2v) is 6.95. The van der Waals surface area contributed by atoms with Crippen LogP contribution in [0.25, 0.3) is 0 Å². The Bertz CT molecular complexity index is 739. The molecule has 1 heterocycles. The number of hydrogen-bond donors (Lipinski definition) is 1. The van der Waals surface area contributed by atoms with Gasteiger partial charge in [0.15, 0.2) is 6.61 Å². The first-order chi connectivity index (χ1) is 12.7. The zero-order chi connectivity index (χ0) is 18.2. The van der Waals surface area contributed by atoms with Crippen molar-refractivity contribution in [2.45, 2.75) is 18.9 Å². The minimum absolute atomic E-state index is 0.000943. The highest BCUT2D eigenvalue weighted by atomic mass is 79.9. The Morgan fingerprint density at radius 3 is 2.69 bits per heavy atom. The van der Waals surface area contributed by atoms with Gasteiger partial charge in [0.2, 0.25) is 0 Å². The van der Waals surface area contributed by atoms with E-state index in [1.165, 1.54) is 0 Å². The molecule has 0 aliphatic carbocycles. The Balaban J connectivity index is 1.43. The first-order valence-electron chi connectivity index (χ1n) is 8.60. The van der Waals surface area contributed by atoms with Crippen molar-refractivity contribution in [2.24, 2.45) is 4.99 Å². The average molecular weight is 417 g/mol. The quantitative estimate of drug-likeness (QED) is 0.696. The fraction of sp³-hybridized carbons (Fsp3) is 0.300. The van der Waals surface area contributed by atoms with E-state index in [2.05, 4.69) is 26.2 Å².